The van der Waals surface area contributed by atoms with Gasteiger partial charge in [-0.25, -0.2) is 9.97 Å². The lowest BCUT2D eigenvalue weighted by Crippen LogP contribution is -2.16. The molecule has 9 aromatic rings. The van der Waals surface area contributed by atoms with Crippen LogP contribution in [0.25, 0.3) is 88.7 Å². The lowest BCUT2D eigenvalue weighted by molar-refractivity contribution is 0.619. The minimum Gasteiger partial charge on any atom is -0.436 e. The van der Waals surface area contributed by atoms with E-state index in [-0.39, 0.29) is 10.9 Å². The Morgan fingerprint density at radius 3 is 1.36 bits per heavy atom. The summed E-state index contributed by atoms with van der Waals surface area (Å²) in [4.78, 5) is 38.4. The number of nitrogens with zero attached hydrogens (tertiary/aromatic N) is 4. The molecule has 0 bridgehead atoms. The highest BCUT2D eigenvalue weighted by atomic mass is 16.4. The number of benzene rings is 5. The summed E-state index contributed by atoms with van der Waals surface area (Å²) in [7, 11) is 0. The zero-order valence-corrected chi connectivity index (χ0v) is 27.9. The van der Waals surface area contributed by atoms with Crippen molar-refractivity contribution in [2.24, 2.45) is 0 Å². The van der Waals surface area contributed by atoms with Crippen LogP contribution in [-0.4, -0.2) is 19.1 Å². The molecule has 8 heteroatoms. The number of oxazole rings is 2. The summed E-state index contributed by atoms with van der Waals surface area (Å²) in [6.45, 7) is 5.72. The van der Waals surface area contributed by atoms with Crippen LogP contribution in [0.4, 0.5) is 0 Å². The Balaban J connectivity index is 1.31. The van der Waals surface area contributed by atoms with Gasteiger partial charge >= 0.3 is 0 Å². The number of para-hydroxylation sites is 4. The van der Waals surface area contributed by atoms with Gasteiger partial charge in [0.25, 0.3) is 0 Å². The normalized spacial score (nSPS) is 12.0. The molecule has 0 unspecified atom stereocenters. The third kappa shape index (κ3) is 4.74. The minimum absolute atomic E-state index is 0.0801. The van der Waals surface area contributed by atoms with Crippen molar-refractivity contribution in [1.29, 1.82) is 0 Å². The monoisotopic (exact) mass is 658 g/mol. The van der Waals surface area contributed by atoms with Crippen LogP contribution in [0.1, 0.15) is 39.5 Å². The molecule has 0 saturated carbocycles. The van der Waals surface area contributed by atoms with Crippen LogP contribution in [0.15, 0.2) is 115 Å². The van der Waals surface area contributed by atoms with Gasteiger partial charge in [0.2, 0.25) is 11.8 Å². The minimum atomic E-state index is -0.0801. The predicted molar refractivity (Wildman–Crippen MR) is 201 cm³/mol. The number of aromatic nitrogens is 4. The van der Waals surface area contributed by atoms with Crippen LogP contribution >= 0.6 is 0 Å². The molecule has 0 aliphatic rings. The van der Waals surface area contributed by atoms with Crippen LogP contribution in [0, 0.1) is 0 Å². The van der Waals surface area contributed by atoms with E-state index in [9.17, 15) is 9.59 Å². The van der Waals surface area contributed by atoms with E-state index >= 15 is 0 Å². The molecule has 0 fully saturated rings. The lowest BCUT2D eigenvalue weighted by atomic mass is 10.0. The van der Waals surface area contributed by atoms with Crippen molar-refractivity contribution in [3.8, 4) is 22.9 Å². The van der Waals surface area contributed by atoms with E-state index in [1.807, 2.05) is 97.1 Å². The molecule has 4 aromatic heterocycles. The van der Waals surface area contributed by atoms with E-state index in [4.69, 9.17) is 8.83 Å². The summed E-state index contributed by atoms with van der Waals surface area (Å²) >= 11 is 0. The molecule has 4 heterocycles. The Morgan fingerprint density at radius 2 is 0.940 bits per heavy atom. The topological polar surface area (TPSA) is 96.1 Å². The summed E-state index contributed by atoms with van der Waals surface area (Å²) in [5, 5.41) is 2.36. The van der Waals surface area contributed by atoms with E-state index in [0.717, 1.165) is 69.9 Å². The smallest absolute Gasteiger partial charge is 0.227 e. The molecule has 0 N–H and O–H groups in total. The Hall–Kier alpha value is -6.02. The highest BCUT2D eigenvalue weighted by molar-refractivity contribution is 6.04. The number of hydrogen-bond acceptors (Lipinski definition) is 6. The Kier molecular flexibility index (Phi) is 7.12. The maximum absolute atomic E-state index is 14.5. The maximum Gasteiger partial charge on any atom is 0.227 e. The molecule has 246 valence electrons. The van der Waals surface area contributed by atoms with Crippen LogP contribution < -0.4 is 10.9 Å². The second kappa shape index (κ2) is 11.8. The molecule has 0 radical (unpaired) electrons. The molecule has 5 aromatic carbocycles. The van der Waals surface area contributed by atoms with Gasteiger partial charge in [-0.15, -0.1) is 0 Å². The Labute approximate surface area is 286 Å². The summed E-state index contributed by atoms with van der Waals surface area (Å²) in [6.07, 6.45) is 3.81. The summed E-state index contributed by atoms with van der Waals surface area (Å²) in [6, 6.07) is 30.8. The van der Waals surface area contributed by atoms with E-state index in [2.05, 4.69) is 32.9 Å². The number of hydrogen-bond donors (Lipinski definition) is 0. The van der Waals surface area contributed by atoms with Gasteiger partial charge in [0, 0.05) is 45.8 Å². The van der Waals surface area contributed by atoms with Crippen molar-refractivity contribution in [2.45, 2.75) is 52.6 Å². The first kappa shape index (κ1) is 30.1. The molecular weight excluding hydrogens is 624 g/mol. The average Bonchev–Trinajstić information content (AvgIpc) is 3.79. The van der Waals surface area contributed by atoms with Gasteiger partial charge in [0.05, 0.1) is 22.1 Å². The number of aryl methyl sites for hydroxylation is 2. The van der Waals surface area contributed by atoms with Gasteiger partial charge in [0.1, 0.15) is 11.0 Å². The van der Waals surface area contributed by atoms with Crippen molar-refractivity contribution in [2.75, 3.05) is 0 Å². The molecule has 9 rings (SSSR count). The molecule has 0 aliphatic carbocycles. The summed E-state index contributed by atoms with van der Waals surface area (Å²) in [5.74, 6) is 0.951. The predicted octanol–water partition coefficient (Wildman–Crippen LogP) is 9.84. The fourth-order valence-electron chi connectivity index (χ4n) is 7.22. The lowest BCUT2D eigenvalue weighted by Gasteiger charge is -2.19. The van der Waals surface area contributed by atoms with Crippen molar-refractivity contribution >= 4 is 65.8 Å². The fraction of sp³-hybridized carbons (Fsp3) is 0.190. The molecule has 0 aliphatic heterocycles. The van der Waals surface area contributed by atoms with Gasteiger partial charge < -0.3 is 18.0 Å². The highest BCUT2D eigenvalue weighted by Crippen LogP contribution is 2.32. The third-order valence-electron chi connectivity index (χ3n) is 9.80. The van der Waals surface area contributed by atoms with Gasteiger partial charge in [0.15, 0.2) is 22.0 Å². The van der Waals surface area contributed by atoms with Gasteiger partial charge in [-0.05, 0) is 85.6 Å². The van der Waals surface area contributed by atoms with Gasteiger partial charge in [-0.1, -0.05) is 51.0 Å². The molecule has 0 amide bonds. The molecule has 0 atom stereocenters. The van der Waals surface area contributed by atoms with Crippen LogP contribution in [-0.2, 0) is 13.1 Å². The summed E-state index contributed by atoms with van der Waals surface area (Å²) in [5.41, 5.74) is 7.42. The highest BCUT2D eigenvalue weighted by Gasteiger charge is 2.19. The van der Waals surface area contributed by atoms with Crippen LogP contribution in [0.3, 0.4) is 0 Å². The van der Waals surface area contributed by atoms with E-state index in [1.54, 1.807) is 0 Å². The standard InChI is InChI=1S/C42H34N4O4/c1-3-5-19-45-33-17-15-25(41-43-31-11-7-9-13-37(31)49-41)21-27(33)39(47)29-24-36-30(23-35(29)45)40(48)28-22-26(16-18-34(28)46(36)20-6-4-2)42-44-32-12-8-10-14-38(32)50-42/h7-18,21-24H,3-6,19-20H2,1-2H3. The van der Waals surface area contributed by atoms with Crippen molar-refractivity contribution < 1.29 is 8.83 Å². The maximum atomic E-state index is 14.5. The number of rotatable bonds is 8. The van der Waals surface area contributed by atoms with E-state index in [1.165, 1.54) is 0 Å². The zero-order chi connectivity index (χ0) is 33.9. The number of fused-ring (bicyclic) bond motifs is 6. The zero-order valence-electron chi connectivity index (χ0n) is 27.9. The molecular formula is C42H34N4O4. The first-order chi connectivity index (χ1) is 24.5. The van der Waals surface area contributed by atoms with Crippen molar-refractivity contribution in [1.82, 2.24) is 19.1 Å². The molecule has 0 saturated heterocycles. The Bertz CT molecular complexity index is 2640. The van der Waals surface area contributed by atoms with Crippen LogP contribution in [0.5, 0.6) is 0 Å². The van der Waals surface area contributed by atoms with E-state index in [0.29, 0.717) is 57.6 Å². The average molecular weight is 659 g/mol. The third-order valence-corrected chi connectivity index (χ3v) is 9.80. The molecule has 8 nitrogen and oxygen atoms in total. The van der Waals surface area contributed by atoms with Crippen molar-refractivity contribution in [3.63, 3.8) is 0 Å². The summed E-state index contributed by atoms with van der Waals surface area (Å²) < 4.78 is 16.5. The van der Waals surface area contributed by atoms with Gasteiger partial charge in [-0.2, -0.15) is 0 Å². The first-order valence-electron chi connectivity index (χ1n) is 17.3. The molecule has 0 spiro atoms. The first-order valence-corrected chi connectivity index (χ1v) is 17.3. The second-order valence-electron chi connectivity index (χ2n) is 13.0. The Morgan fingerprint density at radius 1 is 0.520 bits per heavy atom. The van der Waals surface area contributed by atoms with Crippen molar-refractivity contribution in [3.05, 3.63) is 118 Å². The van der Waals surface area contributed by atoms with Crippen LogP contribution in [0.2, 0.25) is 0 Å². The fourth-order valence-corrected chi connectivity index (χ4v) is 7.22. The SMILES string of the molecule is CCCCn1c2ccc(-c3nc4ccccc4o3)cc2c(=O)c2cc3c(cc21)c(=O)c1cc(-c2nc4ccccc4o2)ccc1n3CCCC. The largest absolute Gasteiger partial charge is 0.436 e. The molecule has 50 heavy (non-hydrogen) atoms. The van der Waals surface area contributed by atoms with E-state index < -0.39 is 0 Å². The number of unbranched alkanes of at least 4 members (excludes halogenated alkanes) is 2. The quantitative estimate of drug-likeness (QED) is 0.151. The van der Waals surface area contributed by atoms with Gasteiger partial charge in [-0.3, -0.25) is 9.59 Å². The number of pyridine rings is 2. The second-order valence-corrected chi connectivity index (χ2v) is 13.0.